The van der Waals surface area contributed by atoms with E-state index in [4.69, 9.17) is 11.6 Å². The van der Waals surface area contributed by atoms with Crippen molar-refractivity contribution in [2.75, 3.05) is 11.9 Å². The maximum absolute atomic E-state index is 6.36. The summed E-state index contributed by atoms with van der Waals surface area (Å²) in [5, 5.41) is 8.29. The minimum Gasteiger partial charge on any atom is -0.381 e. The third-order valence-electron chi connectivity index (χ3n) is 4.90. The number of nitrogens with one attached hydrogen (secondary N) is 2. The number of rotatable bonds is 3. The molecule has 1 aromatic rings. The first-order valence-electron chi connectivity index (χ1n) is 8.00. The van der Waals surface area contributed by atoms with Crippen LogP contribution < -0.4 is 10.6 Å². The van der Waals surface area contributed by atoms with E-state index in [2.05, 4.69) is 29.7 Å². The van der Waals surface area contributed by atoms with E-state index in [-0.39, 0.29) is 0 Å². The average molecular weight is 293 g/mol. The zero-order chi connectivity index (χ0) is 13.9. The van der Waals surface area contributed by atoms with Crippen molar-refractivity contribution in [1.82, 2.24) is 5.32 Å². The normalized spacial score (nSPS) is 30.4. The fourth-order valence-corrected chi connectivity index (χ4v) is 4.12. The highest BCUT2D eigenvalue weighted by molar-refractivity contribution is 6.33. The molecule has 1 aliphatic heterocycles. The van der Waals surface area contributed by atoms with Crippen LogP contribution in [0.3, 0.4) is 0 Å². The van der Waals surface area contributed by atoms with Crippen LogP contribution in [0, 0.1) is 12.8 Å². The molecule has 3 heteroatoms. The van der Waals surface area contributed by atoms with Crippen LogP contribution in [0.15, 0.2) is 18.2 Å². The molecule has 1 heterocycles. The molecule has 0 bridgehead atoms. The molecular formula is C17H25ClN2. The lowest BCUT2D eigenvalue weighted by atomic mass is 9.88. The van der Waals surface area contributed by atoms with Crippen molar-refractivity contribution in [2.24, 2.45) is 5.92 Å². The van der Waals surface area contributed by atoms with Crippen molar-refractivity contribution in [3.63, 3.8) is 0 Å². The van der Waals surface area contributed by atoms with Gasteiger partial charge in [-0.15, -0.1) is 0 Å². The predicted molar refractivity (Wildman–Crippen MR) is 86.6 cm³/mol. The number of hydrogen-bond donors (Lipinski definition) is 2. The van der Waals surface area contributed by atoms with Crippen LogP contribution >= 0.6 is 11.6 Å². The van der Waals surface area contributed by atoms with Crippen molar-refractivity contribution in [1.29, 1.82) is 0 Å². The minimum absolute atomic E-state index is 0.575. The number of aryl methyl sites for hydroxylation is 1. The summed E-state index contributed by atoms with van der Waals surface area (Å²) < 4.78 is 0. The lowest BCUT2D eigenvalue weighted by Gasteiger charge is -2.33. The Kier molecular flexibility index (Phi) is 4.52. The highest BCUT2D eigenvalue weighted by Gasteiger charge is 2.34. The van der Waals surface area contributed by atoms with Crippen molar-refractivity contribution >= 4 is 17.3 Å². The van der Waals surface area contributed by atoms with Crippen molar-refractivity contribution < 1.29 is 0 Å². The van der Waals surface area contributed by atoms with Crippen molar-refractivity contribution in [3.8, 4) is 0 Å². The van der Waals surface area contributed by atoms with E-state index in [0.717, 1.165) is 16.6 Å². The maximum atomic E-state index is 6.36. The van der Waals surface area contributed by atoms with Gasteiger partial charge >= 0.3 is 0 Å². The molecule has 1 saturated heterocycles. The summed E-state index contributed by atoms with van der Waals surface area (Å²) in [6.07, 6.45) is 8.01. The molecule has 0 spiro atoms. The highest BCUT2D eigenvalue weighted by Crippen LogP contribution is 2.35. The average Bonchev–Trinajstić information content (AvgIpc) is 2.91. The highest BCUT2D eigenvalue weighted by atomic mass is 35.5. The van der Waals surface area contributed by atoms with E-state index in [1.165, 1.54) is 50.6 Å². The van der Waals surface area contributed by atoms with Crippen LogP contribution in [0.4, 0.5) is 5.69 Å². The minimum atomic E-state index is 0.575. The van der Waals surface area contributed by atoms with E-state index in [1.54, 1.807) is 0 Å². The molecule has 2 nitrogen and oxygen atoms in total. The van der Waals surface area contributed by atoms with E-state index < -0.39 is 0 Å². The van der Waals surface area contributed by atoms with Crippen LogP contribution in [-0.2, 0) is 0 Å². The third-order valence-corrected chi connectivity index (χ3v) is 5.21. The molecule has 3 rings (SSSR count). The zero-order valence-electron chi connectivity index (χ0n) is 12.3. The first-order valence-corrected chi connectivity index (χ1v) is 8.38. The molecule has 2 N–H and O–H groups in total. The molecular weight excluding hydrogens is 268 g/mol. The quantitative estimate of drug-likeness (QED) is 0.864. The Morgan fingerprint density at radius 1 is 1.15 bits per heavy atom. The Morgan fingerprint density at radius 2 is 2.05 bits per heavy atom. The predicted octanol–water partition coefficient (Wildman–Crippen LogP) is 4.37. The Hall–Kier alpha value is -0.730. The number of piperidine rings is 1. The second-order valence-electron chi connectivity index (χ2n) is 6.39. The van der Waals surface area contributed by atoms with Gasteiger partial charge < -0.3 is 10.6 Å². The SMILES string of the molecule is Cc1ccc(NC2CCCC2C2CCCCN2)c(Cl)c1. The molecule has 0 aromatic heterocycles. The fourth-order valence-electron chi connectivity index (χ4n) is 3.83. The molecule has 1 aromatic carbocycles. The smallest absolute Gasteiger partial charge is 0.0640 e. The van der Waals surface area contributed by atoms with Gasteiger partial charge in [-0.05, 0) is 62.8 Å². The number of anilines is 1. The Labute approximate surface area is 127 Å². The summed E-state index contributed by atoms with van der Waals surface area (Å²) in [7, 11) is 0. The summed E-state index contributed by atoms with van der Waals surface area (Å²) >= 11 is 6.36. The number of hydrogen-bond acceptors (Lipinski definition) is 2. The van der Waals surface area contributed by atoms with Gasteiger partial charge in [-0.2, -0.15) is 0 Å². The molecule has 20 heavy (non-hydrogen) atoms. The fraction of sp³-hybridized carbons (Fsp3) is 0.647. The molecule has 2 aliphatic rings. The van der Waals surface area contributed by atoms with Crippen LogP contribution in [0.5, 0.6) is 0 Å². The Bertz CT molecular complexity index is 454. The van der Waals surface area contributed by atoms with Gasteiger partial charge in [0, 0.05) is 12.1 Å². The molecule has 0 amide bonds. The van der Waals surface area contributed by atoms with Crippen LogP contribution in [-0.4, -0.2) is 18.6 Å². The van der Waals surface area contributed by atoms with Gasteiger partial charge in [0.1, 0.15) is 0 Å². The van der Waals surface area contributed by atoms with E-state index in [9.17, 15) is 0 Å². The van der Waals surface area contributed by atoms with Gasteiger partial charge in [0.2, 0.25) is 0 Å². The molecule has 3 unspecified atom stereocenters. The summed E-state index contributed by atoms with van der Waals surface area (Å²) in [6, 6.07) is 7.59. The van der Waals surface area contributed by atoms with Gasteiger partial charge in [0.25, 0.3) is 0 Å². The monoisotopic (exact) mass is 292 g/mol. The number of halogens is 1. The van der Waals surface area contributed by atoms with Crippen molar-refractivity contribution in [3.05, 3.63) is 28.8 Å². The van der Waals surface area contributed by atoms with E-state index in [1.807, 2.05) is 6.07 Å². The molecule has 110 valence electrons. The lowest BCUT2D eigenvalue weighted by molar-refractivity contribution is 0.286. The van der Waals surface area contributed by atoms with E-state index >= 15 is 0 Å². The van der Waals surface area contributed by atoms with Crippen molar-refractivity contribution in [2.45, 2.75) is 57.5 Å². The number of benzene rings is 1. The second-order valence-corrected chi connectivity index (χ2v) is 6.79. The zero-order valence-corrected chi connectivity index (χ0v) is 13.0. The third kappa shape index (κ3) is 3.12. The van der Waals surface area contributed by atoms with Gasteiger partial charge in [-0.25, -0.2) is 0 Å². The summed E-state index contributed by atoms with van der Waals surface area (Å²) in [5.74, 6) is 0.757. The molecule has 3 atom stereocenters. The van der Waals surface area contributed by atoms with Gasteiger partial charge in [0.15, 0.2) is 0 Å². The van der Waals surface area contributed by atoms with Crippen LogP contribution in [0.25, 0.3) is 0 Å². The first kappa shape index (κ1) is 14.2. The van der Waals surface area contributed by atoms with Gasteiger partial charge in [-0.1, -0.05) is 30.5 Å². The van der Waals surface area contributed by atoms with Crippen LogP contribution in [0.2, 0.25) is 5.02 Å². The molecule has 1 aliphatic carbocycles. The van der Waals surface area contributed by atoms with E-state index in [0.29, 0.717) is 12.1 Å². The largest absolute Gasteiger partial charge is 0.381 e. The molecule has 0 radical (unpaired) electrons. The molecule has 2 fully saturated rings. The van der Waals surface area contributed by atoms with Gasteiger partial charge in [0.05, 0.1) is 10.7 Å². The first-order chi connectivity index (χ1) is 9.74. The lowest BCUT2D eigenvalue weighted by Crippen LogP contribution is -2.44. The summed E-state index contributed by atoms with van der Waals surface area (Å²) in [6.45, 7) is 3.28. The maximum Gasteiger partial charge on any atom is 0.0640 e. The molecule has 1 saturated carbocycles. The Balaban J connectivity index is 1.68. The van der Waals surface area contributed by atoms with Crippen LogP contribution in [0.1, 0.15) is 44.1 Å². The summed E-state index contributed by atoms with van der Waals surface area (Å²) in [4.78, 5) is 0. The Morgan fingerprint density at radius 3 is 2.80 bits per heavy atom. The summed E-state index contributed by atoms with van der Waals surface area (Å²) in [5.41, 5.74) is 2.32. The topological polar surface area (TPSA) is 24.1 Å². The van der Waals surface area contributed by atoms with Gasteiger partial charge in [-0.3, -0.25) is 0 Å². The second kappa shape index (κ2) is 6.36. The standard InChI is InChI=1S/C17H25ClN2/c1-12-8-9-17(14(18)11-12)20-16-7-4-5-13(16)15-6-2-3-10-19-15/h8-9,11,13,15-16,19-20H,2-7,10H2,1H3.